The molecule has 0 saturated heterocycles. The molecule has 1 aromatic carbocycles. The predicted molar refractivity (Wildman–Crippen MR) is 60.7 cm³/mol. The summed E-state index contributed by atoms with van der Waals surface area (Å²) in [4.78, 5) is 11.3. The largest absolute Gasteiger partial charge is 0.504 e. The van der Waals surface area contributed by atoms with Gasteiger partial charge >= 0.3 is 5.97 Å². The Hall–Kier alpha value is -1.75. The van der Waals surface area contributed by atoms with Gasteiger partial charge in [0.1, 0.15) is 0 Å². The van der Waals surface area contributed by atoms with Gasteiger partial charge in [-0.3, -0.25) is 0 Å². The lowest BCUT2D eigenvalue weighted by atomic mass is 10.1. The van der Waals surface area contributed by atoms with Crippen molar-refractivity contribution in [3.05, 3.63) is 23.8 Å². The molecule has 0 aliphatic heterocycles. The van der Waals surface area contributed by atoms with Crippen LogP contribution in [-0.2, 0) is 16.0 Å². The maximum atomic E-state index is 11.3. The summed E-state index contributed by atoms with van der Waals surface area (Å²) in [5, 5.41) is 27.9. The summed E-state index contributed by atoms with van der Waals surface area (Å²) in [5.41, 5.74) is 0.536. The average molecular weight is 240 g/mol. The first kappa shape index (κ1) is 13.3. The number of aromatic hydroxyl groups is 2. The minimum Gasteiger partial charge on any atom is -0.504 e. The quantitative estimate of drug-likeness (QED) is 0.539. The van der Waals surface area contributed by atoms with E-state index in [-0.39, 0.29) is 24.0 Å². The lowest BCUT2D eigenvalue weighted by Crippen LogP contribution is -2.27. The Morgan fingerprint density at radius 1 is 1.29 bits per heavy atom. The fraction of sp³-hybridized carbons (Fsp3) is 0.417. The number of esters is 1. The number of hydrogen-bond donors (Lipinski definition) is 3. The maximum Gasteiger partial charge on any atom is 0.335 e. The van der Waals surface area contributed by atoms with Crippen LogP contribution in [-0.4, -0.2) is 33.5 Å². The zero-order chi connectivity index (χ0) is 13.0. The van der Waals surface area contributed by atoms with Crippen molar-refractivity contribution in [2.45, 2.75) is 32.5 Å². The molecule has 0 saturated carbocycles. The minimum atomic E-state index is -1.28. The predicted octanol–water partition coefficient (Wildman–Crippen LogP) is 0.953. The standard InChI is InChI=1S/C12H16O5/c1-7(2)17-12(16)11(15)6-8-3-4-9(13)10(14)5-8/h3-5,7,11,13-15H,6H2,1-2H3/t11-/m1/s1. The van der Waals surface area contributed by atoms with Crippen LogP contribution in [0.15, 0.2) is 18.2 Å². The monoisotopic (exact) mass is 240 g/mol. The van der Waals surface area contributed by atoms with Gasteiger partial charge in [-0.25, -0.2) is 4.79 Å². The van der Waals surface area contributed by atoms with Gasteiger partial charge < -0.3 is 20.1 Å². The van der Waals surface area contributed by atoms with Crippen LogP contribution in [0.3, 0.4) is 0 Å². The normalized spacial score (nSPS) is 12.5. The van der Waals surface area contributed by atoms with E-state index in [4.69, 9.17) is 9.84 Å². The van der Waals surface area contributed by atoms with E-state index in [1.165, 1.54) is 18.2 Å². The Kier molecular flexibility index (Phi) is 4.34. The van der Waals surface area contributed by atoms with Crippen LogP contribution in [0.4, 0.5) is 0 Å². The number of carbonyl (C=O) groups is 1. The number of hydrogen-bond acceptors (Lipinski definition) is 5. The summed E-state index contributed by atoms with van der Waals surface area (Å²) in [5.74, 6) is -1.23. The molecule has 3 N–H and O–H groups in total. The van der Waals surface area contributed by atoms with Gasteiger partial charge in [0.15, 0.2) is 17.6 Å². The van der Waals surface area contributed by atoms with Crippen molar-refractivity contribution in [3.63, 3.8) is 0 Å². The third-order valence-electron chi connectivity index (χ3n) is 2.09. The van der Waals surface area contributed by atoms with E-state index >= 15 is 0 Å². The van der Waals surface area contributed by atoms with Crippen LogP contribution >= 0.6 is 0 Å². The molecule has 0 aliphatic rings. The van der Waals surface area contributed by atoms with Gasteiger partial charge in [-0.1, -0.05) is 6.07 Å². The molecule has 94 valence electrons. The molecule has 0 aromatic heterocycles. The molecule has 1 aromatic rings. The Balaban J connectivity index is 2.64. The van der Waals surface area contributed by atoms with E-state index in [0.29, 0.717) is 5.56 Å². The van der Waals surface area contributed by atoms with Crippen molar-refractivity contribution >= 4 is 5.97 Å². The molecule has 1 atom stereocenters. The van der Waals surface area contributed by atoms with Crippen molar-refractivity contribution in [1.29, 1.82) is 0 Å². The number of ether oxygens (including phenoxy) is 1. The van der Waals surface area contributed by atoms with Crippen molar-refractivity contribution in [1.82, 2.24) is 0 Å². The topological polar surface area (TPSA) is 87.0 Å². The summed E-state index contributed by atoms with van der Waals surface area (Å²) >= 11 is 0. The van der Waals surface area contributed by atoms with Crippen LogP contribution in [0.1, 0.15) is 19.4 Å². The SMILES string of the molecule is CC(C)OC(=O)[C@H](O)Cc1ccc(O)c(O)c1. The number of phenols is 2. The van der Waals surface area contributed by atoms with Crippen LogP contribution in [0.2, 0.25) is 0 Å². The zero-order valence-corrected chi connectivity index (χ0v) is 9.75. The Bertz CT molecular complexity index is 400. The summed E-state index contributed by atoms with van der Waals surface area (Å²) in [6.45, 7) is 3.38. The van der Waals surface area contributed by atoms with E-state index in [1.807, 2.05) is 0 Å². The number of phenolic OH excluding ortho intramolecular Hbond substituents is 2. The average Bonchev–Trinajstić information content (AvgIpc) is 2.22. The lowest BCUT2D eigenvalue weighted by Gasteiger charge is -2.13. The maximum absolute atomic E-state index is 11.3. The van der Waals surface area contributed by atoms with E-state index in [0.717, 1.165) is 0 Å². The molecule has 0 heterocycles. The molecule has 0 fully saturated rings. The van der Waals surface area contributed by atoms with E-state index < -0.39 is 12.1 Å². The van der Waals surface area contributed by atoms with Crippen molar-refractivity contribution < 1.29 is 24.9 Å². The smallest absolute Gasteiger partial charge is 0.335 e. The third kappa shape index (κ3) is 3.96. The fourth-order valence-corrected chi connectivity index (χ4v) is 1.31. The summed E-state index contributed by atoms with van der Waals surface area (Å²) in [7, 11) is 0. The first-order valence-corrected chi connectivity index (χ1v) is 5.29. The lowest BCUT2D eigenvalue weighted by molar-refractivity contribution is -0.157. The zero-order valence-electron chi connectivity index (χ0n) is 9.75. The highest BCUT2D eigenvalue weighted by atomic mass is 16.6. The Morgan fingerprint density at radius 3 is 2.47 bits per heavy atom. The Morgan fingerprint density at radius 2 is 1.94 bits per heavy atom. The highest BCUT2D eigenvalue weighted by molar-refractivity contribution is 5.75. The van der Waals surface area contributed by atoms with Crippen LogP contribution in [0.5, 0.6) is 11.5 Å². The van der Waals surface area contributed by atoms with Gasteiger partial charge in [0.05, 0.1) is 6.10 Å². The molecule has 0 aliphatic carbocycles. The van der Waals surface area contributed by atoms with Crippen LogP contribution < -0.4 is 0 Å². The Labute approximate surface area is 99.3 Å². The van der Waals surface area contributed by atoms with Gasteiger partial charge in [0.2, 0.25) is 0 Å². The molecule has 0 amide bonds. The van der Waals surface area contributed by atoms with Crippen LogP contribution in [0.25, 0.3) is 0 Å². The number of benzene rings is 1. The van der Waals surface area contributed by atoms with Gasteiger partial charge in [-0.2, -0.15) is 0 Å². The van der Waals surface area contributed by atoms with Crippen molar-refractivity contribution in [2.75, 3.05) is 0 Å². The van der Waals surface area contributed by atoms with Crippen molar-refractivity contribution in [2.24, 2.45) is 0 Å². The van der Waals surface area contributed by atoms with Crippen molar-refractivity contribution in [3.8, 4) is 11.5 Å². The summed E-state index contributed by atoms with van der Waals surface area (Å²) in [6, 6.07) is 4.10. The molecular weight excluding hydrogens is 224 g/mol. The van der Waals surface area contributed by atoms with Gasteiger partial charge in [-0.05, 0) is 31.5 Å². The summed E-state index contributed by atoms with van der Waals surface area (Å²) in [6.07, 6.45) is -1.54. The number of rotatable bonds is 4. The molecule has 0 spiro atoms. The fourth-order valence-electron chi connectivity index (χ4n) is 1.31. The number of carbonyl (C=O) groups excluding carboxylic acids is 1. The molecule has 1 rings (SSSR count). The second-order valence-corrected chi connectivity index (χ2v) is 4.03. The minimum absolute atomic E-state index is 0.0272. The van der Waals surface area contributed by atoms with E-state index in [9.17, 15) is 15.0 Å². The third-order valence-corrected chi connectivity index (χ3v) is 2.09. The number of aliphatic hydroxyl groups excluding tert-OH is 1. The second kappa shape index (κ2) is 5.54. The van der Waals surface area contributed by atoms with E-state index in [1.54, 1.807) is 13.8 Å². The first-order chi connectivity index (χ1) is 7.90. The van der Waals surface area contributed by atoms with Gasteiger partial charge in [-0.15, -0.1) is 0 Å². The van der Waals surface area contributed by atoms with Gasteiger partial charge in [0, 0.05) is 6.42 Å². The number of aliphatic hydroxyl groups is 1. The molecular formula is C12H16O5. The molecule has 0 unspecified atom stereocenters. The van der Waals surface area contributed by atoms with E-state index in [2.05, 4.69) is 0 Å². The highest BCUT2D eigenvalue weighted by Crippen LogP contribution is 2.25. The molecule has 5 nitrogen and oxygen atoms in total. The molecule has 0 bridgehead atoms. The second-order valence-electron chi connectivity index (χ2n) is 4.03. The molecule has 0 radical (unpaired) electrons. The molecule has 17 heavy (non-hydrogen) atoms. The van der Waals surface area contributed by atoms with Gasteiger partial charge in [0.25, 0.3) is 0 Å². The van der Waals surface area contributed by atoms with Crippen LogP contribution in [0, 0.1) is 0 Å². The highest BCUT2D eigenvalue weighted by Gasteiger charge is 2.18. The first-order valence-electron chi connectivity index (χ1n) is 5.29. The summed E-state index contributed by atoms with van der Waals surface area (Å²) < 4.78 is 4.84. The molecule has 5 heteroatoms.